The zero-order chi connectivity index (χ0) is 14.1. The topological polar surface area (TPSA) is 49.6 Å². The maximum atomic E-state index is 11.3. The molecule has 1 aromatic carbocycles. The van der Waals surface area contributed by atoms with Crippen molar-refractivity contribution in [2.24, 2.45) is 0 Å². The van der Waals surface area contributed by atoms with Crippen LogP contribution in [0.4, 0.5) is 11.4 Å². The summed E-state index contributed by atoms with van der Waals surface area (Å²) in [5, 5.41) is 11.3. The normalized spacial score (nSPS) is 23.4. The van der Waals surface area contributed by atoms with E-state index in [2.05, 4.69) is 9.80 Å². The van der Waals surface area contributed by atoms with Crippen molar-refractivity contribution in [1.29, 1.82) is 0 Å². The Morgan fingerprint density at radius 3 is 2.90 bits per heavy atom. The van der Waals surface area contributed by atoms with E-state index in [9.17, 15) is 10.1 Å². The van der Waals surface area contributed by atoms with Crippen LogP contribution in [-0.4, -0.2) is 42.0 Å². The highest BCUT2D eigenvalue weighted by Gasteiger charge is 2.31. The van der Waals surface area contributed by atoms with Crippen molar-refractivity contribution >= 4 is 11.4 Å². The van der Waals surface area contributed by atoms with E-state index in [1.54, 1.807) is 0 Å². The molecule has 0 N–H and O–H groups in total. The van der Waals surface area contributed by atoms with Crippen LogP contribution in [0.25, 0.3) is 0 Å². The highest BCUT2D eigenvalue weighted by atomic mass is 16.6. The summed E-state index contributed by atoms with van der Waals surface area (Å²) in [6.45, 7) is 5.84. The number of fused-ring (bicyclic) bond motifs is 1. The molecule has 2 aliphatic rings. The van der Waals surface area contributed by atoms with Crippen molar-refractivity contribution in [3.8, 4) is 0 Å². The molecule has 5 heteroatoms. The molecule has 0 aliphatic carbocycles. The molecule has 5 nitrogen and oxygen atoms in total. The number of rotatable bonds is 2. The lowest BCUT2D eigenvalue weighted by Crippen LogP contribution is -2.55. The zero-order valence-electron chi connectivity index (χ0n) is 11.9. The number of hydrogen-bond acceptors (Lipinski definition) is 4. The molecule has 2 heterocycles. The molecule has 0 radical (unpaired) electrons. The summed E-state index contributed by atoms with van der Waals surface area (Å²) in [5.41, 5.74) is 1.82. The minimum absolute atomic E-state index is 0.238. The molecule has 0 saturated carbocycles. The second-order valence-electron chi connectivity index (χ2n) is 5.83. The summed E-state index contributed by atoms with van der Waals surface area (Å²) >= 11 is 0. The van der Waals surface area contributed by atoms with Gasteiger partial charge >= 0.3 is 0 Å². The Morgan fingerprint density at radius 1 is 1.25 bits per heavy atom. The molecule has 0 aromatic heterocycles. The Balaban J connectivity index is 1.86. The molecule has 20 heavy (non-hydrogen) atoms. The molecule has 0 spiro atoms. The van der Waals surface area contributed by atoms with Crippen LogP contribution in [-0.2, 0) is 0 Å². The van der Waals surface area contributed by atoms with Crippen molar-refractivity contribution < 1.29 is 4.92 Å². The summed E-state index contributed by atoms with van der Waals surface area (Å²) < 4.78 is 0. The van der Waals surface area contributed by atoms with Gasteiger partial charge in [-0.05, 0) is 32.4 Å². The Hall–Kier alpha value is -1.62. The number of piperidine rings is 1. The van der Waals surface area contributed by atoms with Gasteiger partial charge in [0.25, 0.3) is 5.69 Å². The van der Waals surface area contributed by atoms with Crippen LogP contribution in [0.3, 0.4) is 0 Å². The van der Waals surface area contributed by atoms with E-state index in [0.29, 0.717) is 6.04 Å². The molecule has 2 saturated heterocycles. The maximum absolute atomic E-state index is 11.3. The van der Waals surface area contributed by atoms with Gasteiger partial charge in [-0.2, -0.15) is 0 Å². The minimum Gasteiger partial charge on any atom is -0.363 e. The summed E-state index contributed by atoms with van der Waals surface area (Å²) in [4.78, 5) is 15.8. The second kappa shape index (κ2) is 5.40. The van der Waals surface area contributed by atoms with Gasteiger partial charge in [-0.1, -0.05) is 18.6 Å². The Morgan fingerprint density at radius 2 is 2.10 bits per heavy atom. The van der Waals surface area contributed by atoms with Crippen LogP contribution in [0.5, 0.6) is 0 Å². The van der Waals surface area contributed by atoms with Gasteiger partial charge in [0.2, 0.25) is 0 Å². The number of piperazine rings is 1. The zero-order valence-corrected chi connectivity index (χ0v) is 11.9. The highest BCUT2D eigenvalue weighted by Crippen LogP contribution is 2.33. The van der Waals surface area contributed by atoms with Crippen LogP contribution in [0.2, 0.25) is 0 Å². The number of para-hydroxylation sites is 1. The number of nitro benzene ring substituents is 1. The molecule has 3 rings (SSSR count). The number of aryl methyl sites for hydroxylation is 1. The number of benzene rings is 1. The van der Waals surface area contributed by atoms with Crippen LogP contribution in [0.1, 0.15) is 24.8 Å². The second-order valence-corrected chi connectivity index (χ2v) is 5.83. The first-order chi connectivity index (χ1) is 9.66. The predicted octanol–water partition coefficient (Wildman–Crippen LogP) is 2.58. The minimum atomic E-state index is -0.238. The molecular weight excluding hydrogens is 254 g/mol. The first-order valence-electron chi connectivity index (χ1n) is 7.40. The largest absolute Gasteiger partial charge is 0.363 e. The van der Waals surface area contributed by atoms with Gasteiger partial charge in [-0.25, -0.2) is 0 Å². The van der Waals surface area contributed by atoms with Crippen molar-refractivity contribution in [3.05, 3.63) is 33.9 Å². The summed E-state index contributed by atoms with van der Waals surface area (Å²) in [5.74, 6) is 0. The molecule has 1 unspecified atom stereocenters. The van der Waals surface area contributed by atoms with Gasteiger partial charge in [0.15, 0.2) is 0 Å². The SMILES string of the molecule is Cc1cccc(N2CCN3CCCCC3C2)c1[N+](=O)[O-]. The molecular formula is C15H21N3O2. The number of anilines is 1. The van der Waals surface area contributed by atoms with Crippen molar-refractivity contribution in [3.63, 3.8) is 0 Å². The van der Waals surface area contributed by atoms with E-state index in [-0.39, 0.29) is 10.6 Å². The fourth-order valence-corrected chi connectivity index (χ4v) is 3.51. The lowest BCUT2D eigenvalue weighted by atomic mass is 9.99. The third-order valence-electron chi connectivity index (χ3n) is 4.58. The molecule has 0 bridgehead atoms. The average Bonchev–Trinajstić information content (AvgIpc) is 2.46. The monoisotopic (exact) mass is 275 g/mol. The number of nitrogens with zero attached hydrogens (tertiary/aromatic N) is 3. The van der Waals surface area contributed by atoms with Crippen molar-refractivity contribution in [1.82, 2.24) is 4.90 Å². The number of nitro groups is 1. The van der Waals surface area contributed by atoms with Crippen LogP contribution >= 0.6 is 0 Å². The first kappa shape index (κ1) is 13.4. The van der Waals surface area contributed by atoms with Gasteiger partial charge < -0.3 is 4.90 Å². The Labute approximate surface area is 119 Å². The van der Waals surface area contributed by atoms with E-state index in [1.807, 2.05) is 25.1 Å². The van der Waals surface area contributed by atoms with Crippen molar-refractivity contribution in [2.45, 2.75) is 32.2 Å². The molecule has 2 aliphatic heterocycles. The van der Waals surface area contributed by atoms with E-state index >= 15 is 0 Å². The number of hydrogen-bond donors (Lipinski definition) is 0. The lowest BCUT2D eigenvalue weighted by Gasteiger charge is -2.44. The summed E-state index contributed by atoms with van der Waals surface area (Å²) in [6, 6.07) is 6.20. The van der Waals surface area contributed by atoms with Gasteiger partial charge in [0.05, 0.1) is 4.92 Å². The highest BCUT2D eigenvalue weighted by molar-refractivity contribution is 5.66. The van der Waals surface area contributed by atoms with E-state index in [1.165, 1.54) is 25.8 Å². The Kier molecular flexibility index (Phi) is 3.61. The molecule has 2 fully saturated rings. The third-order valence-corrected chi connectivity index (χ3v) is 4.58. The Bertz CT molecular complexity index is 518. The third kappa shape index (κ3) is 2.38. The maximum Gasteiger partial charge on any atom is 0.295 e. The molecule has 108 valence electrons. The molecule has 1 aromatic rings. The van der Waals surface area contributed by atoms with Gasteiger partial charge in [0, 0.05) is 31.2 Å². The quantitative estimate of drug-likeness (QED) is 0.615. The summed E-state index contributed by atoms with van der Waals surface area (Å²) in [6.07, 6.45) is 3.79. The fraction of sp³-hybridized carbons (Fsp3) is 0.600. The predicted molar refractivity (Wildman–Crippen MR) is 79.3 cm³/mol. The van der Waals surface area contributed by atoms with E-state index in [0.717, 1.165) is 30.9 Å². The smallest absolute Gasteiger partial charge is 0.295 e. The summed E-state index contributed by atoms with van der Waals surface area (Å²) in [7, 11) is 0. The van der Waals surface area contributed by atoms with Gasteiger partial charge in [-0.3, -0.25) is 15.0 Å². The van der Waals surface area contributed by atoms with Crippen molar-refractivity contribution in [2.75, 3.05) is 31.1 Å². The van der Waals surface area contributed by atoms with Crippen LogP contribution in [0, 0.1) is 17.0 Å². The molecule has 1 atom stereocenters. The molecule has 0 amide bonds. The van der Waals surface area contributed by atoms with Crippen LogP contribution in [0.15, 0.2) is 18.2 Å². The van der Waals surface area contributed by atoms with E-state index < -0.39 is 0 Å². The van der Waals surface area contributed by atoms with Crippen LogP contribution < -0.4 is 4.90 Å². The standard InChI is InChI=1S/C15H21N3O2/c1-12-5-4-7-14(15(12)18(19)20)17-10-9-16-8-3-2-6-13(16)11-17/h4-5,7,13H,2-3,6,8-11H2,1H3. The first-order valence-corrected chi connectivity index (χ1v) is 7.40. The lowest BCUT2D eigenvalue weighted by molar-refractivity contribution is -0.384. The average molecular weight is 275 g/mol. The fourth-order valence-electron chi connectivity index (χ4n) is 3.51. The van der Waals surface area contributed by atoms with E-state index in [4.69, 9.17) is 0 Å². The van der Waals surface area contributed by atoms with Gasteiger partial charge in [-0.15, -0.1) is 0 Å². The van der Waals surface area contributed by atoms with Gasteiger partial charge in [0.1, 0.15) is 5.69 Å².